The average Bonchev–Trinajstić information content (AvgIpc) is 3.44. The zero-order chi connectivity index (χ0) is 20.0. The molecule has 7 heteroatoms. The van der Waals surface area contributed by atoms with Crippen molar-refractivity contribution in [3.63, 3.8) is 0 Å². The lowest BCUT2D eigenvalue weighted by atomic mass is 10.0. The highest BCUT2D eigenvalue weighted by Crippen LogP contribution is 2.40. The third-order valence-electron chi connectivity index (χ3n) is 5.18. The highest BCUT2D eigenvalue weighted by atomic mass is 19.1. The third-order valence-corrected chi connectivity index (χ3v) is 5.18. The smallest absolute Gasteiger partial charge is 0.252 e. The van der Waals surface area contributed by atoms with Crippen LogP contribution in [0.3, 0.4) is 0 Å². The van der Waals surface area contributed by atoms with Gasteiger partial charge in [0.2, 0.25) is 0 Å². The maximum Gasteiger partial charge on any atom is 0.252 e. The van der Waals surface area contributed by atoms with Crippen LogP contribution in [0.15, 0.2) is 24.3 Å². The summed E-state index contributed by atoms with van der Waals surface area (Å²) in [6.45, 7) is 3.58. The van der Waals surface area contributed by atoms with Gasteiger partial charge in [0.05, 0.1) is 16.6 Å². The number of hydrogen-bond acceptors (Lipinski definition) is 3. The minimum absolute atomic E-state index is 0.0218. The molecule has 0 saturated heterocycles. The van der Waals surface area contributed by atoms with E-state index in [0.29, 0.717) is 22.5 Å². The maximum absolute atomic E-state index is 13.9. The van der Waals surface area contributed by atoms with Crippen molar-refractivity contribution in [2.45, 2.75) is 45.1 Å². The van der Waals surface area contributed by atoms with Crippen LogP contribution < -0.4 is 5.32 Å². The summed E-state index contributed by atoms with van der Waals surface area (Å²) in [5.74, 6) is -1.11. The SMILES string of the molecule is Cc1nn(C)c2nc(C3CC3)cc(C(=O)N[C@H](C)Cc3c(F)cccc3F)c12. The summed E-state index contributed by atoms with van der Waals surface area (Å²) in [6, 6.07) is 5.17. The van der Waals surface area contributed by atoms with E-state index < -0.39 is 17.7 Å². The summed E-state index contributed by atoms with van der Waals surface area (Å²) >= 11 is 0. The van der Waals surface area contributed by atoms with Gasteiger partial charge in [-0.15, -0.1) is 0 Å². The molecular weight excluding hydrogens is 362 g/mol. The molecule has 2 aromatic heterocycles. The molecule has 1 amide bonds. The molecule has 0 radical (unpaired) electrons. The quantitative estimate of drug-likeness (QED) is 0.728. The van der Waals surface area contributed by atoms with Crippen LogP contribution in [0.25, 0.3) is 11.0 Å². The Hall–Kier alpha value is -2.83. The number of pyridine rings is 1. The van der Waals surface area contributed by atoms with Crippen molar-refractivity contribution < 1.29 is 13.6 Å². The number of rotatable bonds is 5. The van der Waals surface area contributed by atoms with Gasteiger partial charge in [-0.2, -0.15) is 5.10 Å². The molecule has 1 N–H and O–H groups in total. The van der Waals surface area contributed by atoms with E-state index in [4.69, 9.17) is 4.98 Å². The van der Waals surface area contributed by atoms with E-state index in [9.17, 15) is 13.6 Å². The van der Waals surface area contributed by atoms with Crippen LogP contribution in [0, 0.1) is 18.6 Å². The first-order valence-electron chi connectivity index (χ1n) is 9.43. The number of carbonyl (C=O) groups is 1. The number of amides is 1. The minimum Gasteiger partial charge on any atom is -0.349 e. The highest BCUT2D eigenvalue weighted by molar-refractivity contribution is 6.06. The Balaban J connectivity index is 1.63. The Morgan fingerprint density at radius 1 is 1.32 bits per heavy atom. The van der Waals surface area contributed by atoms with Crippen LogP contribution in [0.5, 0.6) is 0 Å². The van der Waals surface area contributed by atoms with Gasteiger partial charge in [-0.3, -0.25) is 9.48 Å². The van der Waals surface area contributed by atoms with Gasteiger partial charge in [-0.1, -0.05) is 6.07 Å². The summed E-state index contributed by atoms with van der Waals surface area (Å²) in [5, 5.41) is 7.99. The minimum atomic E-state index is -0.605. The van der Waals surface area contributed by atoms with Gasteiger partial charge in [0, 0.05) is 30.3 Å². The normalized spacial score (nSPS) is 15.0. The van der Waals surface area contributed by atoms with Gasteiger partial charge in [-0.25, -0.2) is 13.8 Å². The summed E-state index contributed by atoms with van der Waals surface area (Å²) in [4.78, 5) is 17.7. The Bertz CT molecular complexity index is 1050. The lowest BCUT2D eigenvalue weighted by molar-refractivity contribution is 0.0941. The number of halogens is 2. The first kappa shape index (κ1) is 18.5. The summed E-state index contributed by atoms with van der Waals surface area (Å²) in [6.07, 6.45) is 2.21. The van der Waals surface area contributed by atoms with Crippen molar-refractivity contribution in [2.75, 3.05) is 0 Å². The number of nitrogens with zero attached hydrogens (tertiary/aromatic N) is 3. The summed E-state index contributed by atoms with van der Waals surface area (Å²) in [5.41, 5.74) is 2.79. The van der Waals surface area contributed by atoms with Gasteiger partial charge >= 0.3 is 0 Å². The molecule has 1 aromatic carbocycles. The second kappa shape index (κ2) is 6.96. The molecule has 1 aliphatic carbocycles. The number of aryl methyl sites for hydroxylation is 2. The molecule has 2 heterocycles. The second-order valence-electron chi connectivity index (χ2n) is 7.56. The van der Waals surface area contributed by atoms with E-state index in [1.165, 1.54) is 18.2 Å². The van der Waals surface area contributed by atoms with E-state index in [1.54, 1.807) is 11.6 Å². The van der Waals surface area contributed by atoms with Gasteiger partial charge < -0.3 is 5.32 Å². The van der Waals surface area contributed by atoms with Crippen LogP contribution >= 0.6 is 0 Å². The molecule has 0 spiro atoms. The molecule has 0 bridgehead atoms. The number of nitrogens with one attached hydrogen (secondary N) is 1. The van der Waals surface area contributed by atoms with Crippen molar-refractivity contribution in [1.29, 1.82) is 0 Å². The van der Waals surface area contributed by atoms with Crippen molar-refractivity contribution in [3.05, 3.63) is 58.4 Å². The van der Waals surface area contributed by atoms with Crippen LogP contribution in [0.1, 0.15) is 53.0 Å². The lowest BCUT2D eigenvalue weighted by Crippen LogP contribution is -2.34. The first-order valence-corrected chi connectivity index (χ1v) is 9.43. The number of fused-ring (bicyclic) bond motifs is 1. The van der Waals surface area contributed by atoms with E-state index in [1.807, 2.05) is 20.0 Å². The fourth-order valence-electron chi connectivity index (χ4n) is 3.62. The van der Waals surface area contributed by atoms with E-state index >= 15 is 0 Å². The Morgan fingerprint density at radius 3 is 2.64 bits per heavy atom. The molecule has 0 aliphatic heterocycles. The molecule has 4 rings (SSSR count). The van der Waals surface area contributed by atoms with E-state index in [2.05, 4.69) is 10.4 Å². The largest absolute Gasteiger partial charge is 0.349 e. The van der Waals surface area contributed by atoms with Gasteiger partial charge in [-0.05, 0) is 51.3 Å². The topological polar surface area (TPSA) is 59.8 Å². The number of benzene rings is 1. The molecule has 28 heavy (non-hydrogen) atoms. The predicted molar refractivity (Wildman–Crippen MR) is 102 cm³/mol. The van der Waals surface area contributed by atoms with E-state index in [-0.39, 0.29) is 17.9 Å². The fraction of sp³-hybridized carbons (Fsp3) is 0.381. The van der Waals surface area contributed by atoms with Crippen LogP contribution in [0.4, 0.5) is 8.78 Å². The summed E-state index contributed by atoms with van der Waals surface area (Å²) in [7, 11) is 1.81. The zero-order valence-electron chi connectivity index (χ0n) is 16.1. The van der Waals surface area contributed by atoms with Crippen molar-refractivity contribution in [3.8, 4) is 0 Å². The molecule has 1 aliphatic rings. The number of hydrogen-bond donors (Lipinski definition) is 1. The van der Waals surface area contributed by atoms with Gasteiger partial charge in [0.1, 0.15) is 11.6 Å². The predicted octanol–water partition coefficient (Wildman–Crippen LogP) is 3.79. The Kier molecular flexibility index (Phi) is 4.61. The zero-order valence-corrected chi connectivity index (χ0v) is 16.1. The molecule has 3 aromatic rings. The van der Waals surface area contributed by atoms with Gasteiger partial charge in [0.15, 0.2) is 5.65 Å². The standard InChI is InChI=1S/C21H22F2N4O/c1-11(9-14-16(22)5-4-6-17(14)23)24-21(28)15-10-18(13-7-8-13)25-20-19(15)12(2)26-27(20)3/h4-6,10-11,13H,7-9H2,1-3H3,(H,24,28)/t11-/m1/s1. The molecule has 1 atom stereocenters. The number of carbonyl (C=O) groups excluding carboxylic acids is 1. The average molecular weight is 384 g/mol. The lowest BCUT2D eigenvalue weighted by Gasteiger charge is -2.16. The molecule has 146 valence electrons. The highest BCUT2D eigenvalue weighted by Gasteiger charge is 2.28. The van der Waals surface area contributed by atoms with Crippen molar-refractivity contribution in [2.24, 2.45) is 7.05 Å². The molecular formula is C21H22F2N4O. The fourth-order valence-corrected chi connectivity index (χ4v) is 3.62. The Morgan fingerprint density at radius 2 is 2.00 bits per heavy atom. The molecule has 0 unspecified atom stereocenters. The maximum atomic E-state index is 13.9. The molecule has 1 fully saturated rings. The van der Waals surface area contributed by atoms with Crippen LogP contribution in [-0.2, 0) is 13.5 Å². The first-order chi connectivity index (χ1) is 13.3. The molecule has 5 nitrogen and oxygen atoms in total. The monoisotopic (exact) mass is 384 g/mol. The van der Waals surface area contributed by atoms with Crippen molar-refractivity contribution in [1.82, 2.24) is 20.1 Å². The van der Waals surface area contributed by atoms with E-state index in [0.717, 1.165) is 24.2 Å². The third kappa shape index (κ3) is 3.37. The Labute approximate surface area is 161 Å². The second-order valence-corrected chi connectivity index (χ2v) is 7.56. The molecule has 1 saturated carbocycles. The summed E-state index contributed by atoms with van der Waals surface area (Å²) < 4.78 is 29.5. The van der Waals surface area contributed by atoms with Crippen LogP contribution in [-0.4, -0.2) is 26.7 Å². The van der Waals surface area contributed by atoms with Crippen molar-refractivity contribution >= 4 is 16.9 Å². The van der Waals surface area contributed by atoms with Crippen LogP contribution in [0.2, 0.25) is 0 Å². The van der Waals surface area contributed by atoms with Gasteiger partial charge in [0.25, 0.3) is 5.91 Å². The number of aromatic nitrogens is 3.